The van der Waals surface area contributed by atoms with Crippen LogP contribution < -0.4 is 16.3 Å². The van der Waals surface area contributed by atoms with Gasteiger partial charge in [0.15, 0.2) is 6.04 Å². The summed E-state index contributed by atoms with van der Waals surface area (Å²) in [5.41, 5.74) is 0.222. The monoisotopic (exact) mass is 425 g/mol. The highest BCUT2D eigenvalue weighted by Crippen LogP contribution is 2.25. The van der Waals surface area contributed by atoms with E-state index < -0.39 is 29.3 Å². The second-order valence-electron chi connectivity index (χ2n) is 7.89. The zero-order valence-corrected chi connectivity index (χ0v) is 17.6. The third-order valence-electron chi connectivity index (χ3n) is 4.34. The Labute approximate surface area is 178 Å². The minimum Gasteiger partial charge on any atom is -0.479 e. The molecule has 2 aromatic carbocycles. The van der Waals surface area contributed by atoms with Gasteiger partial charge in [0.2, 0.25) is 0 Å². The number of amides is 1. The minimum atomic E-state index is -1.15. The molecule has 0 unspecified atom stereocenters. The summed E-state index contributed by atoms with van der Waals surface area (Å²) in [7, 11) is 0. The molecule has 1 atom stereocenters. The van der Waals surface area contributed by atoms with Gasteiger partial charge >= 0.3 is 17.7 Å². The van der Waals surface area contributed by atoms with Crippen molar-refractivity contribution in [2.24, 2.45) is 0 Å². The second-order valence-corrected chi connectivity index (χ2v) is 7.89. The number of carbonyl (C=O) groups is 2. The van der Waals surface area contributed by atoms with Gasteiger partial charge in [-0.15, -0.1) is 0 Å². The first-order chi connectivity index (χ1) is 14.5. The van der Waals surface area contributed by atoms with Crippen LogP contribution in [0.25, 0.3) is 10.9 Å². The van der Waals surface area contributed by atoms with Gasteiger partial charge in [-0.25, -0.2) is 14.4 Å². The van der Waals surface area contributed by atoms with E-state index in [-0.39, 0.29) is 11.4 Å². The number of aliphatic carboxylic acids is 1. The molecule has 31 heavy (non-hydrogen) atoms. The number of nitrogens with zero attached hydrogens (tertiary/aromatic N) is 1. The highest BCUT2D eigenvalue weighted by Gasteiger charge is 2.23. The first kappa shape index (κ1) is 21.8. The third-order valence-corrected chi connectivity index (χ3v) is 4.34. The fourth-order valence-corrected chi connectivity index (χ4v) is 2.99. The van der Waals surface area contributed by atoms with E-state index in [1.54, 1.807) is 64.1 Å². The van der Waals surface area contributed by atoms with Gasteiger partial charge in [0, 0.05) is 5.69 Å². The van der Waals surface area contributed by atoms with E-state index in [1.165, 1.54) is 6.07 Å². The lowest BCUT2D eigenvalue weighted by Crippen LogP contribution is -2.27. The molecule has 0 spiro atoms. The highest BCUT2D eigenvalue weighted by atomic mass is 16.6. The maximum atomic E-state index is 12.6. The lowest BCUT2D eigenvalue weighted by molar-refractivity contribution is -0.138. The Kier molecular flexibility index (Phi) is 5.96. The van der Waals surface area contributed by atoms with Crippen molar-refractivity contribution in [2.75, 3.05) is 10.6 Å². The van der Waals surface area contributed by atoms with Gasteiger partial charge < -0.3 is 19.6 Å². The number of carboxylic acid groups (broad SMARTS) is 1. The number of rotatable bonds is 5. The maximum Gasteiger partial charge on any atom is 0.412 e. The number of fused-ring (bicyclic) bond motifs is 1. The Morgan fingerprint density at radius 1 is 1.13 bits per heavy atom. The number of benzene rings is 2. The Bertz CT molecular complexity index is 1180. The van der Waals surface area contributed by atoms with Crippen molar-refractivity contribution >= 4 is 34.7 Å². The summed E-state index contributed by atoms with van der Waals surface area (Å²) in [4.78, 5) is 40.6. The second kappa shape index (κ2) is 8.47. The number of nitrogens with one attached hydrogen (secondary N) is 2. The molecule has 1 aromatic heterocycles. The Hall–Kier alpha value is -3.88. The first-order valence-electron chi connectivity index (χ1n) is 9.54. The summed E-state index contributed by atoms with van der Waals surface area (Å²) < 4.78 is 10.5. The van der Waals surface area contributed by atoms with E-state index in [1.807, 2.05) is 0 Å². The molecule has 0 fully saturated rings. The molecule has 0 bridgehead atoms. The van der Waals surface area contributed by atoms with Crippen molar-refractivity contribution in [3.8, 4) is 0 Å². The van der Waals surface area contributed by atoms with Crippen LogP contribution in [0.3, 0.4) is 0 Å². The number of hydrogen-bond acceptors (Lipinski definition) is 7. The quantitative estimate of drug-likeness (QED) is 0.557. The topological polar surface area (TPSA) is 131 Å². The molecule has 9 nitrogen and oxygen atoms in total. The standard InChI is InChI=1S/C22H23N3O6/c1-12-14(24-21(29)31-22(2,3)4)10-11-15-16(12)19(28)30-20(23-15)25-17(18(26)27)13-8-6-5-7-9-13/h5-11,17H,1-4H3,(H,23,25)(H,24,29)(H,26,27)/t17-/m0/s1. The molecule has 0 aliphatic rings. The van der Waals surface area contributed by atoms with E-state index >= 15 is 0 Å². The van der Waals surface area contributed by atoms with Crippen LogP contribution in [0.15, 0.2) is 51.7 Å². The van der Waals surface area contributed by atoms with Crippen LogP contribution in [0.5, 0.6) is 0 Å². The van der Waals surface area contributed by atoms with Crippen LogP contribution in [0.1, 0.15) is 37.9 Å². The molecule has 0 saturated heterocycles. The van der Waals surface area contributed by atoms with Gasteiger partial charge in [-0.2, -0.15) is 4.98 Å². The molecule has 3 rings (SSSR count). The van der Waals surface area contributed by atoms with Gasteiger partial charge in [-0.1, -0.05) is 30.3 Å². The number of aryl methyl sites for hydroxylation is 1. The average Bonchev–Trinajstić information content (AvgIpc) is 2.67. The molecular formula is C22H23N3O6. The van der Waals surface area contributed by atoms with Crippen molar-refractivity contribution in [2.45, 2.75) is 39.3 Å². The summed E-state index contributed by atoms with van der Waals surface area (Å²) in [6, 6.07) is 10.2. The van der Waals surface area contributed by atoms with Gasteiger partial charge in [0.05, 0.1) is 10.9 Å². The van der Waals surface area contributed by atoms with E-state index in [9.17, 15) is 19.5 Å². The number of ether oxygens (including phenoxy) is 1. The summed E-state index contributed by atoms with van der Waals surface area (Å²) >= 11 is 0. The van der Waals surface area contributed by atoms with Gasteiger partial charge in [-0.05, 0) is 51.0 Å². The minimum absolute atomic E-state index is 0.172. The fourth-order valence-electron chi connectivity index (χ4n) is 2.99. The number of carboxylic acids is 1. The van der Waals surface area contributed by atoms with Crippen LogP contribution in [0.2, 0.25) is 0 Å². The molecule has 0 aliphatic carbocycles. The van der Waals surface area contributed by atoms with E-state index in [0.717, 1.165) is 0 Å². The lowest BCUT2D eigenvalue weighted by Gasteiger charge is -2.20. The Morgan fingerprint density at radius 2 is 1.81 bits per heavy atom. The molecule has 0 radical (unpaired) electrons. The molecule has 3 N–H and O–H groups in total. The van der Waals surface area contributed by atoms with Crippen LogP contribution in [-0.2, 0) is 9.53 Å². The molecule has 0 aliphatic heterocycles. The zero-order valence-electron chi connectivity index (χ0n) is 17.6. The van der Waals surface area contributed by atoms with Crippen molar-refractivity contribution in [1.82, 2.24) is 4.98 Å². The first-order valence-corrected chi connectivity index (χ1v) is 9.54. The Morgan fingerprint density at radius 3 is 2.42 bits per heavy atom. The molecule has 3 aromatic rings. The predicted molar refractivity (Wildman–Crippen MR) is 115 cm³/mol. The predicted octanol–water partition coefficient (Wildman–Crippen LogP) is 4.08. The number of hydrogen-bond donors (Lipinski definition) is 3. The van der Waals surface area contributed by atoms with Crippen molar-refractivity contribution in [3.05, 3.63) is 64.0 Å². The van der Waals surface area contributed by atoms with Crippen LogP contribution >= 0.6 is 0 Å². The normalized spacial score (nSPS) is 12.3. The van der Waals surface area contributed by atoms with Crippen molar-refractivity contribution in [1.29, 1.82) is 0 Å². The van der Waals surface area contributed by atoms with Gasteiger partial charge in [-0.3, -0.25) is 5.32 Å². The van der Waals surface area contributed by atoms with Crippen LogP contribution in [0.4, 0.5) is 16.5 Å². The molecule has 162 valence electrons. The molecule has 0 saturated carbocycles. The number of aromatic nitrogens is 1. The summed E-state index contributed by atoms with van der Waals surface area (Å²) in [5, 5.41) is 15.0. The largest absolute Gasteiger partial charge is 0.479 e. The SMILES string of the molecule is Cc1c(NC(=O)OC(C)(C)C)ccc2nc(N[C@H](C(=O)O)c3ccccc3)oc(=O)c12. The summed E-state index contributed by atoms with van der Waals surface area (Å²) in [6.45, 7) is 6.87. The number of carbonyl (C=O) groups excluding carboxylic acids is 1. The smallest absolute Gasteiger partial charge is 0.412 e. The fraction of sp³-hybridized carbons (Fsp3) is 0.273. The third kappa shape index (κ3) is 5.19. The summed E-state index contributed by atoms with van der Waals surface area (Å²) in [6.07, 6.45) is -0.655. The van der Waals surface area contributed by atoms with E-state index in [4.69, 9.17) is 9.15 Å². The van der Waals surface area contributed by atoms with Crippen molar-refractivity contribution in [3.63, 3.8) is 0 Å². The van der Waals surface area contributed by atoms with Gasteiger partial charge in [0.25, 0.3) is 6.01 Å². The molecule has 1 amide bonds. The van der Waals surface area contributed by atoms with Crippen molar-refractivity contribution < 1.29 is 23.8 Å². The van der Waals surface area contributed by atoms with Crippen LogP contribution in [0, 0.1) is 6.92 Å². The van der Waals surface area contributed by atoms with E-state index in [2.05, 4.69) is 15.6 Å². The molecular weight excluding hydrogens is 402 g/mol. The number of anilines is 2. The zero-order chi connectivity index (χ0) is 22.8. The van der Waals surface area contributed by atoms with Gasteiger partial charge in [0.1, 0.15) is 5.60 Å². The lowest BCUT2D eigenvalue weighted by atomic mass is 10.1. The average molecular weight is 425 g/mol. The maximum absolute atomic E-state index is 12.6. The molecule has 9 heteroatoms. The van der Waals surface area contributed by atoms with E-state index in [0.29, 0.717) is 22.3 Å². The Balaban J connectivity index is 1.93. The van der Waals surface area contributed by atoms with Crippen LogP contribution in [-0.4, -0.2) is 27.8 Å². The highest BCUT2D eigenvalue weighted by molar-refractivity contribution is 5.93. The summed E-state index contributed by atoms with van der Waals surface area (Å²) in [5.74, 6) is -1.15. The molecule has 1 heterocycles.